The standard InChI is InChI=1S/C15H25BrN2OS/c1-5-12(10-20-4)18(2)14(9-17)11-6-7-15(19-3)13(16)8-11/h6-8,12,14H,5,9-10,17H2,1-4H3. The van der Waals surface area contributed by atoms with Gasteiger partial charge in [0.05, 0.1) is 11.6 Å². The van der Waals surface area contributed by atoms with E-state index in [-0.39, 0.29) is 6.04 Å². The molecule has 0 amide bonds. The van der Waals surface area contributed by atoms with Crippen LogP contribution in [0.4, 0.5) is 0 Å². The molecule has 0 saturated carbocycles. The second-order valence-corrected chi connectivity index (χ2v) is 6.59. The molecule has 0 fully saturated rings. The zero-order valence-electron chi connectivity index (χ0n) is 12.7. The summed E-state index contributed by atoms with van der Waals surface area (Å²) < 4.78 is 6.26. The number of methoxy groups -OCH3 is 1. The fourth-order valence-electron chi connectivity index (χ4n) is 2.40. The van der Waals surface area contributed by atoms with Crippen LogP contribution in [-0.2, 0) is 0 Å². The zero-order valence-corrected chi connectivity index (χ0v) is 15.1. The van der Waals surface area contributed by atoms with Gasteiger partial charge >= 0.3 is 0 Å². The van der Waals surface area contributed by atoms with Crippen LogP contribution < -0.4 is 10.5 Å². The van der Waals surface area contributed by atoms with Crippen molar-refractivity contribution >= 4 is 27.7 Å². The molecule has 0 radical (unpaired) electrons. The van der Waals surface area contributed by atoms with Crippen LogP contribution in [0.25, 0.3) is 0 Å². The van der Waals surface area contributed by atoms with Gasteiger partial charge in [-0.2, -0.15) is 11.8 Å². The summed E-state index contributed by atoms with van der Waals surface area (Å²) in [4.78, 5) is 2.39. The van der Waals surface area contributed by atoms with E-state index >= 15 is 0 Å². The van der Waals surface area contributed by atoms with Crippen LogP contribution in [0.2, 0.25) is 0 Å². The predicted octanol–water partition coefficient (Wildman–Crippen LogP) is 3.53. The summed E-state index contributed by atoms with van der Waals surface area (Å²) in [6, 6.07) is 6.97. The van der Waals surface area contributed by atoms with Crippen LogP contribution in [0.1, 0.15) is 24.9 Å². The third-order valence-electron chi connectivity index (χ3n) is 3.68. The van der Waals surface area contributed by atoms with E-state index in [1.165, 1.54) is 5.56 Å². The molecular weight excluding hydrogens is 336 g/mol. The highest BCUT2D eigenvalue weighted by atomic mass is 79.9. The van der Waals surface area contributed by atoms with Gasteiger partial charge in [-0.05, 0) is 53.4 Å². The van der Waals surface area contributed by atoms with Crippen molar-refractivity contribution in [1.82, 2.24) is 4.90 Å². The summed E-state index contributed by atoms with van der Waals surface area (Å²) in [5, 5.41) is 0. The lowest BCUT2D eigenvalue weighted by molar-refractivity contribution is 0.188. The van der Waals surface area contributed by atoms with Gasteiger partial charge in [0.1, 0.15) is 5.75 Å². The second kappa shape index (κ2) is 8.93. The maximum atomic E-state index is 6.02. The molecule has 20 heavy (non-hydrogen) atoms. The Morgan fingerprint density at radius 2 is 2.15 bits per heavy atom. The lowest BCUT2D eigenvalue weighted by Gasteiger charge is -2.34. The van der Waals surface area contributed by atoms with Gasteiger partial charge < -0.3 is 10.5 Å². The Morgan fingerprint density at radius 3 is 2.60 bits per heavy atom. The first-order valence-corrected chi connectivity index (χ1v) is 9.02. The van der Waals surface area contributed by atoms with Crippen molar-refractivity contribution < 1.29 is 4.74 Å². The van der Waals surface area contributed by atoms with E-state index in [9.17, 15) is 0 Å². The first-order valence-electron chi connectivity index (χ1n) is 6.83. The Kier molecular flexibility index (Phi) is 7.95. The Labute approximate surface area is 135 Å². The largest absolute Gasteiger partial charge is 0.496 e. The highest BCUT2D eigenvalue weighted by Crippen LogP contribution is 2.30. The molecule has 0 heterocycles. The summed E-state index contributed by atoms with van der Waals surface area (Å²) >= 11 is 5.43. The van der Waals surface area contributed by atoms with E-state index < -0.39 is 0 Å². The normalized spacial score (nSPS) is 14.3. The van der Waals surface area contributed by atoms with E-state index in [1.807, 2.05) is 17.8 Å². The molecule has 0 spiro atoms. The van der Waals surface area contributed by atoms with Gasteiger partial charge in [0.15, 0.2) is 0 Å². The number of likely N-dealkylation sites (N-methyl/N-ethyl adjacent to an activating group) is 1. The number of nitrogens with zero attached hydrogens (tertiary/aromatic N) is 1. The monoisotopic (exact) mass is 360 g/mol. The van der Waals surface area contributed by atoms with Gasteiger partial charge in [-0.15, -0.1) is 0 Å². The van der Waals surface area contributed by atoms with Crippen molar-refractivity contribution in [2.24, 2.45) is 5.73 Å². The molecule has 0 aliphatic rings. The average Bonchev–Trinajstić information content (AvgIpc) is 2.45. The maximum absolute atomic E-state index is 6.02. The number of nitrogens with two attached hydrogens (primary N) is 1. The van der Waals surface area contributed by atoms with Gasteiger partial charge in [-0.3, -0.25) is 4.90 Å². The molecule has 2 unspecified atom stereocenters. The van der Waals surface area contributed by atoms with Gasteiger partial charge in [0.25, 0.3) is 0 Å². The van der Waals surface area contributed by atoms with Crippen molar-refractivity contribution in [2.75, 3.05) is 32.7 Å². The van der Waals surface area contributed by atoms with Crippen LogP contribution in [0.5, 0.6) is 5.75 Å². The molecule has 0 aliphatic carbocycles. The molecule has 1 aromatic carbocycles. The Bertz CT molecular complexity index is 417. The van der Waals surface area contributed by atoms with Crippen molar-refractivity contribution in [3.05, 3.63) is 28.2 Å². The van der Waals surface area contributed by atoms with E-state index in [2.05, 4.69) is 53.2 Å². The van der Waals surface area contributed by atoms with Crippen LogP contribution in [0.3, 0.4) is 0 Å². The number of halogens is 1. The fourth-order valence-corrected chi connectivity index (χ4v) is 3.81. The molecule has 1 aromatic rings. The number of thioether (sulfide) groups is 1. The molecular formula is C15H25BrN2OS. The third-order valence-corrected chi connectivity index (χ3v) is 5.02. The van der Waals surface area contributed by atoms with Gasteiger partial charge in [0.2, 0.25) is 0 Å². The highest BCUT2D eigenvalue weighted by Gasteiger charge is 2.22. The molecule has 2 N–H and O–H groups in total. The van der Waals surface area contributed by atoms with E-state index in [0.29, 0.717) is 12.6 Å². The summed E-state index contributed by atoms with van der Waals surface area (Å²) in [6.07, 6.45) is 3.28. The van der Waals surface area contributed by atoms with Crippen LogP contribution in [-0.4, -0.2) is 43.7 Å². The lowest BCUT2D eigenvalue weighted by atomic mass is 10.0. The van der Waals surface area contributed by atoms with Gasteiger partial charge in [-0.1, -0.05) is 13.0 Å². The summed E-state index contributed by atoms with van der Waals surface area (Å²) in [6.45, 7) is 2.84. The van der Waals surface area contributed by atoms with Crippen molar-refractivity contribution in [3.8, 4) is 5.75 Å². The molecule has 0 bridgehead atoms. The molecule has 0 saturated heterocycles. The fraction of sp³-hybridized carbons (Fsp3) is 0.600. The third kappa shape index (κ3) is 4.38. The first-order chi connectivity index (χ1) is 9.58. The zero-order chi connectivity index (χ0) is 15.1. The van der Waals surface area contributed by atoms with E-state index in [0.717, 1.165) is 22.4 Å². The first kappa shape index (κ1) is 17.8. The Balaban J connectivity index is 2.97. The topological polar surface area (TPSA) is 38.5 Å². The Morgan fingerprint density at radius 1 is 1.45 bits per heavy atom. The lowest BCUT2D eigenvalue weighted by Crippen LogP contribution is -2.39. The SMILES string of the molecule is CCC(CSC)N(C)C(CN)c1ccc(OC)c(Br)c1. The molecule has 5 heteroatoms. The minimum absolute atomic E-state index is 0.231. The number of ether oxygens (including phenoxy) is 1. The van der Waals surface area contributed by atoms with Crippen molar-refractivity contribution in [2.45, 2.75) is 25.4 Å². The smallest absolute Gasteiger partial charge is 0.133 e. The van der Waals surface area contributed by atoms with E-state index in [4.69, 9.17) is 10.5 Å². The van der Waals surface area contributed by atoms with Gasteiger partial charge in [0, 0.05) is 24.4 Å². The number of rotatable bonds is 8. The van der Waals surface area contributed by atoms with E-state index in [1.54, 1.807) is 7.11 Å². The molecule has 2 atom stereocenters. The predicted molar refractivity (Wildman–Crippen MR) is 92.7 cm³/mol. The molecule has 1 rings (SSSR count). The summed E-state index contributed by atoms with van der Waals surface area (Å²) in [7, 11) is 3.85. The second-order valence-electron chi connectivity index (χ2n) is 4.83. The number of benzene rings is 1. The quantitative estimate of drug-likeness (QED) is 0.769. The van der Waals surface area contributed by atoms with Crippen molar-refractivity contribution in [1.29, 1.82) is 0 Å². The van der Waals surface area contributed by atoms with Crippen LogP contribution in [0, 0.1) is 0 Å². The maximum Gasteiger partial charge on any atom is 0.133 e. The molecule has 0 aromatic heterocycles. The summed E-state index contributed by atoms with van der Waals surface area (Å²) in [5.74, 6) is 1.98. The minimum atomic E-state index is 0.231. The highest BCUT2D eigenvalue weighted by molar-refractivity contribution is 9.10. The molecule has 114 valence electrons. The van der Waals surface area contributed by atoms with Gasteiger partial charge in [-0.25, -0.2) is 0 Å². The average molecular weight is 361 g/mol. The molecule has 0 aliphatic heterocycles. The van der Waals surface area contributed by atoms with Crippen LogP contribution in [0.15, 0.2) is 22.7 Å². The Hall–Kier alpha value is -0.230. The summed E-state index contributed by atoms with van der Waals surface area (Å²) in [5.41, 5.74) is 7.24. The van der Waals surface area contributed by atoms with Crippen LogP contribution >= 0.6 is 27.7 Å². The number of hydrogen-bond acceptors (Lipinski definition) is 4. The molecule has 3 nitrogen and oxygen atoms in total. The van der Waals surface area contributed by atoms with Crippen molar-refractivity contribution in [3.63, 3.8) is 0 Å². The minimum Gasteiger partial charge on any atom is -0.496 e. The number of hydrogen-bond donors (Lipinski definition) is 1.